The summed E-state index contributed by atoms with van der Waals surface area (Å²) in [5, 5.41) is 8.80. The van der Waals surface area contributed by atoms with Crippen molar-refractivity contribution in [2.75, 3.05) is 31.2 Å². The predicted octanol–water partition coefficient (Wildman–Crippen LogP) is 3.35. The third-order valence-corrected chi connectivity index (χ3v) is 5.18. The van der Waals surface area contributed by atoms with Gasteiger partial charge in [0.1, 0.15) is 5.75 Å². The van der Waals surface area contributed by atoms with E-state index in [4.69, 9.17) is 4.74 Å². The van der Waals surface area contributed by atoms with Crippen LogP contribution in [-0.2, 0) is 16.6 Å². The van der Waals surface area contributed by atoms with Crippen molar-refractivity contribution in [1.29, 1.82) is 0 Å². The highest BCUT2D eigenvalue weighted by Gasteiger charge is 2.07. The largest absolute Gasteiger partial charge is 0.494 e. The Kier molecular flexibility index (Phi) is 7.72. The summed E-state index contributed by atoms with van der Waals surface area (Å²) in [4.78, 5) is 4.21. The second kappa shape index (κ2) is 10.7. The Bertz CT molecular complexity index is 1150. The van der Waals surface area contributed by atoms with Gasteiger partial charge in [-0.2, -0.15) is 0 Å². The number of ether oxygens (including phenoxy) is 1. The smallest absolute Gasteiger partial charge is 0.229 e. The van der Waals surface area contributed by atoms with E-state index in [0.29, 0.717) is 31.3 Å². The SMILES string of the molecule is CN=C(NCCCOc1ccc2ccccc2c1)NCc1ccccc1NS(C)(=O)=O. The van der Waals surface area contributed by atoms with Crippen molar-refractivity contribution in [2.45, 2.75) is 13.0 Å². The molecule has 0 radical (unpaired) electrons. The van der Waals surface area contributed by atoms with Crippen molar-refractivity contribution < 1.29 is 13.2 Å². The fourth-order valence-corrected chi connectivity index (χ4v) is 3.70. The first kappa shape index (κ1) is 22.4. The zero-order valence-electron chi connectivity index (χ0n) is 17.8. The number of aliphatic imine (C=N–C) groups is 1. The van der Waals surface area contributed by atoms with Gasteiger partial charge in [-0.25, -0.2) is 8.42 Å². The Morgan fingerprint density at radius 2 is 1.71 bits per heavy atom. The van der Waals surface area contributed by atoms with Crippen molar-refractivity contribution in [3.63, 3.8) is 0 Å². The Morgan fingerprint density at radius 3 is 2.48 bits per heavy atom. The Hall–Kier alpha value is -3.26. The number of benzene rings is 3. The standard InChI is InChI=1S/C23H28N4O3S/c1-24-23(26-17-20-10-5-6-11-22(20)27-31(2,28)29)25-14-7-15-30-21-13-12-18-8-3-4-9-19(18)16-21/h3-6,8-13,16,27H,7,14-15,17H2,1-2H3,(H2,24,25,26). The molecule has 0 spiro atoms. The molecular weight excluding hydrogens is 412 g/mol. The van der Waals surface area contributed by atoms with Crippen LogP contribution < -0.4 is 20.1 Å². The van der Waals surface area contributed by atoms with Gasteiger partial charge in [0.15, 0.2) is 5.96 Å². The molecule has 3 aromatic carbocycles. The minimum atomic E-state index is -3.34. The van der Waals surface area contributed by atoms with Gasteiger partial charge >= 0.3 is 0 Å². The Balaban J connectivity index is 1.43. The Labute approximate surface area is 183 Å². The fourth-order valence-electron chi connectivity index (χ4n) is 3.10. The van der Waals surface area contributed by atoms with E-state index in [1.54, 1.807) is 19.2 Å². The summed E-state index contributed by atoms with van der Waals surface area (Å²) in [7, 11) is -1.64. The van der Waals surface area contributed by atoms with Crippen LogP contribution in [-0.4, -0.2) is 40.8 Å². The molecule has 164 valence electrons. The van der Waals surface area contributed by atoms with E-state index in [1.165, 1.54) is 5.39 Å². The number of sulfonamides is 1. The second-order valence-electron chi connectivity index (χ2n) is 7.09. The first-order valence-electron chi connectivity index (χ1n) is 10.1. The van der Waals surface area contributed by atoms with Crippen molar-refractivity contribution >= 4 is 32.4 Å². The molecule has 0 fully saturated rings. The predicted molar refractivity (Wildman–Crippen MR) is 127 cm³/mol. The number of anilines is 1. The lowest BCUT2D eigenvalue weighted by Gasteiger charge is -2.15. The summed E-state index contributed by atoms with van der Waals surface area (Å²) in [6, 6.07) is 21.5. The first-order valence-corrected chi connectivity index (χ1v) is 12.0. The maximum atomic E-state index is 11.5. The molecule has 0 saturated carbocycles. The summed E-state index contributed by atoms with van der Waals surface area (Å²) in [5.41, 5.74) is 1.38. The minimum absolute atomic E-state index is 0.436. The highest BCUT2D eigenvalue weighted by atomic mass is 32.2. The van der Waals surface area contributed by atoms with E-state index >= 15 is 0 Å². The second-order valence-corrected chi connectivity index (χ2v) is 8.84. The molecule has 3 rings (SSSR count). The van der Waals surface area contributed by atoms with E-state index in [-0.39, 0.29) is 0 Å². The zero-order valence-corrected chi connectivity index (χ0v) is 18.6. The first-order chi connectivity index (χ1) is 14.9. The molecule has 0 heterocycles. The number of rotatable bonds is 9. The molecule has 3 N–H and O–H groups in total. The van der Waals surface area contributed by atoms with Crippen LogP contribution in [0.2, 0.25) is 0 Å². The van der Waals surface area contributed by atoms with Gasteiger partial charge in [-0.3, -0.25) is 9.71 Å². The van der Waals surface area contributed by atoms with Gasteiger partial charge in [-0.05, 0) is 41.0 Å². The molecule has 0 saturated heterocycles. The van der Waals surface area contributed by atoms with Crippen LogP contribution in [0.1, 0.15) is 12.0 Å². The number of nitrogens with zero attached hydrogens (tertiary/aromatic N) is 1. The molecule has 0 aliphatic carbocycles. The molecule has 0 atom stereocenters. The number of guanidine groups is 1. The van der Waals surface area contributed by atoms with Gasteiger partial charge in [0.05, 0.1) is 18.6 Å². The molecule has 0 aliphatic heterocycles. The fraction of sp³-hybridized carbons (Fsp3) is 0.261. The van der Waals surface area contributed by atoms with E-state index in [9.17, 15) is 8.42 Å². The van der Waals surface area contributed by atoms with E-state index < -0.39 is 10.0 Å². The summed E-state index contributed by atoms with van der Waals surface area (Å²) in [5.74, 6) is 1.50. The summed E-state index contributed by atoms with van der Waals surface area (Å²) >= 11 is 0. The maximum Gasteiger partial charge on any atom is 0.229 e. The van der Waals surface area contributed by atoms with Gasteiger partial charge in [0.25, 0.3) is 0 Å². The maximum absolute atomic E-state index is 11.5. The van der Waals surface area contributed by atoms with Crippen molar-refractivity contribution in [3.8, 4) is 5.75 Å². The van der Waals surface area contributed by atoms with Gasteiger partial charge < -0.3 is 15.4 Å². The summed E-state index contributed by atoms with van der Waals surface area (Å²) in [6.07, 6.45) is 1.94. The molecule has 0 aromatic heterocycles. The van der Waals surface area contributed by atoms with Crippen molar-refractivity contribution in [3.05, 3.63) is 72.3 Å². The highest BCUT2D eigenvalue weighted by molar-refractivity contribution is 7.92. The molecule has 0 bridgehead atoms. The molecule has 7 nitrogen and oxygen atoms in total. The van der Waals surface area contributed by atoms with Crippen LogP contribution >= 0.6 is 0 Å². The van der Waals surface area contributed by atoms with Gasteiger partial charge in [0, 0.05) is 20.1 Å². The number of nitrogens with one attached hydrogen (secondary N) is 3. The third-order valence-electron chi connectivity index (χ3n) is 4.59. The minimum Gasteiger partial charge on any atom is -0.494 e. The quantitative estimate of drug-likeness (QED) is 0.270. The monoisotopic (exact) mass is 440 g/mol. The van der Waals surface area contributed by atoms with Crippen molar-refractivity contribution in [2.24, 2.45) is 4.99 Å². The third kappa shape index (κ3) is 7.18. The van der Waals surface area contributed by atoms with Crippen LogP contribution in [0.15, 0.2) is 71.7 Å². The number of para-hydroxylation sites is 1. The molecule has 8 heteroatoms. The van der Waals surface area contributed by atoms with E-state index in [0.717, 1.165) is 29.4 Å². The van der Waals surface area contributed by atoms with Crippen LogP contribution in [0, 0.1) is 0 Å². The average molecular weight is 441 g/mol. The normalized spacial score (nSPS) is 11.9. The van der Waals surface area contributed by atoms with Crippen LogP contribution in [0.5, 0.6) is 5.75 Å². The lowest BCUT2D eigenvalue weighted by molar-refractivity contribution is 0.311. The molecule has 31 heavy (non-hydrogen) atoms. The number of fused-ring (bicyclic) bond motifs is 1. The Morgan fingerprint density at radius 1 is 0.968 bits per heavy atom. The lowest BCUT2D eigenvalue weighted by Crippen LogP contribution is -2.37. The van der Waals surface area contributed by atoms with Gasteiger partial charge in [0.2, 0.25) is 10.0 Å². The average Bonchev–Trinajstić information content (AvgIpc) is 2.75. The summed E-state index contributed by atoms with van der Waals surface area (Å²) in [6.45, 7) is 1.71. The lowest BCUT2D eigenvalue weighted by atomic mass is 10.1. The van der Waals surface area contributed by atoms with Crippen LogP contribution in [0.3, 0.4) is 0 Å². The number of hydrogen-bond acceptors (Lipinski definition) is 4. The van der Waals surface area contributed by atoms with Crippen LogP contribution in [0.4, 0.5) is 5.69 Å². The van der Waals surface area contributed by atoms with Gasteiger partial charge in [-0.1, -0.05) is 48.5 Å². The highest BCUT2D eigenvalue weighted by Crippen LogP contribution is 2.20. The van der Waals surface area contributed by atoms with Crippen LogP contribution in [0.25, 0.3) is 10.8 Å². The molecule has 3 aromatic rings. The molecular formula is C23H28N4O3S. The number of hydrogen-bond donors (Lipinski definition) is 3. The van der Waals surface area contributed by atoms with Gasteiger partial charge in [-0.15, -0.1) is 0 Å². The zero-order chi connectivity index (χ0) is 22.1. The topological polar surface area (TPSA) is 91.8 Å². The van der Waals surface area contributed by atoms with E-state index in [2.05, 4.69) is 38.5 Å². The molecule has 0 unspecified atom stereocenters. The molecule has 0 aliphatic rings. The summed E-state index contributed by atoms with van der Waals surface area (Å²) < 4.78 is 31.5. The molecule has 0 amide bonds. The van der Waals surface area contributed by atoms with E-state index in [1.807, 2.05) is 36.4 Å². The van der Waals surface area contributed by atoms with Crippen molar-refractivity contribution in [1.82, 2.24) is 10.6 Å².